The van der Waals surface area contributed by atoms with Crippen LogP contribution in [0.1, 0.15) is 36.8 Å². The molecule has 0 aromatic heterocycles. The Morgan fingerprint density at radius 3 is 2.48 bits per heavy atom. The van der Waals surface area contributed by atoms with Crippen molar-refractivity contribution in [1.29, 1.82) is 0 Å². The van der Waals surface area contributed by atoms with Crippen molar-refractivity contribution >= 4 is 22.0 Å². The summed E-state index contributed by atoms with van der Waals surface area (Å²) in [7, 11) is -3.76. The van der Waals surface area contributed by atoms with E-state index in [4.69, 9.17) is 0 Å². The van der Waals surface area contributed by atoms with Crippen LogP contribution >= 0.6 is 0 Å². The largest absolute Gasteiger partial charge is 0.573 e. The molecule has 4 rings (SSSR count). The van der Waals surface area contributed by atoms with Crippen molar-refractivity contribution < 1.29 is 31.1 Å². The molecule has 2 atom stereocenters. The molecule has 2 aromatic rings. The van der Waals surface area contributed by atoms with Gasteiger partial charge in [-0.05, 0) is 66.8 Å². The number of benzene rings is 2. The van der Waals surface area contributed by atoms with Crippen LogP contribution in [0.3, 0.4) is 0 Å². The molecule has 2 unspecified atom stereocenters. The van der Waals surface area contributed by atoms with E-state index in [0.29, 0.717) is 31.6 Å². The van der Waals surface area contributed by atoms with E-state index in [1.54, 1.807) is 18.2 Å². The summed E-state index contributed by atoms with van der Waals surface area (Å²) in [5.41, 5.74) is 2.51. The first-order valence-electron chi connectivity index (χ1n) is 10.8. The third kappa shape index (κ3) is 4.86. The average molecular weight is 483 g/mol. The van der Waals surface area contributed by atoms with Crippen LogP contribution in [0.15, 0.2) is 47.4 Å². The predicted molar refractivity (Wildman–Crippen MR) is 117 cm³/mol. The molecule has 2 aromatic carbocycles. The van der Waals surface area contributed by atoms with Gasteiger partial charge in [-0.25, -0.2) is 8.42 Å². The number of ether oxygens (including phenoxy) is 1. The first-order valence-corrected chi connectivity index (χ1v) is 12.3. The molecule has 33 heavy (non-hydrogen) atoms. The molecule has 1 heterocycles. The van der Waals surface area contributed by atoms with Gasteiger partial charge in [0.2, 0.25) is 10.0 Å². The number of aldehydes is 1. The number of piperazine rings is 1. The van der Waals surface area contributed by atoms with Crippen LogP contribution in [0.25, 0.3) is 0 Å². The minimum absolute atomic E-state index is 0.190. The fourth-order valence-corrected chi connectivity index (χ4v) is 6.35. The summed E-state index contributed by atoms with van der Waals surface area (Å²) in [6.45, 7) is 2.96. The second-order valence-electron chi connectivity index (χ2n) is 8.31. The summed E-state index contributed by atoms with van der Waals surface area (Å²) in [6, 6.07) is 10.3. The SMILES string of the molecule is CCC1CN(c2ccc(OC(F)(F)F)cc2)CCN1S(=O)(=O)c1ccc2c(c1)C(C=O)CC2. The maximum atomic E-state index is 13.5. The van der Waals surface area contributed by atoms with E-state index in [-0.39, 0.29) is 29.1 Å². The van der Waals surface area contributed by atoms with Crippen molar-refractivity contribution in [2.75, 3.05) is 24.5 Å². The van der Waals surface area contributed by atoms with E-state index in [9.17, 15) is 26.4 Å². The molecule has 1 aliphatic heterocycles. The molecule has 0 radical (unpaired) electrons. The zero-order chi connectivity index (χ0) is 23.8. The highest BCUT2D eigenvalue weighted by molar-refractivity contribution is 7.89. The number of nitrogens with zero attached hydrogens (tertiary/aromatic N) is 2. The number of hydrogen-bond donors (Lipinski definition) is 0. The van der Waals surface area contributed by atoms with E-state index in [1.807, 2.05) is 11.8 Å². The van der Waals surface area contributed by atoms with Gasteiger partial charge in [-0.2, -0.15) is 4.31 Å². The Labute approximate surface area is 191 Å². The monoisotopic (exact) mass is 482 g/mol. The molecule has 0 N–H and O–H groups in total. The molecular formula is C23H25F3N2O4S. The Morgan fingerprint density at radius 1 is 1.12 bits per heavy atom. The lowest BCUT2D eigenvalue weighted by Crippen LogP contribution is -2.55. The number of halogens is 3. The van der Waals surface area contributed by atoms with Gasteiger partial charge in [-0.3, -0.25) is 0 Å². The number of hydrogen-bond acceptors (Lipinski definition) is 5. The molecule has 1 fully saturated rings. The van der Waals surface area contributed by atoms with Crippen LogP contribution in [-0.2, 0) is 21.2 Å². The van der Waals surface area contributed by atoms with Crippen molar-refractivity contribution in [3.05, 3.63) is 53.6 Å². The lowest BCUT2D eigenvalue weighted by atomic mass is 10.0. The van der Waals surface area contributed by atoms with Crippen molar-refractivity contribution in [2.24, 2.45) is 0 Å². The lowest BCUT2D eigenvalue weighted by Gasteiger charge is -2.41. The number of rotatable bonds is 6. The number of fused-ring (bicyclic) bond motifs is 1. The van der Waals surface area contributed by atoms with E-state index in [2.05, 4.69) is 4.74 Å². The number of alkyl halides is 3. The fraction of sp³-hybridized carbons (Fsp3) is 0.435. The van der Waals surface area contributed by atoms with Crippen molar-refractivity contribution in [1.82, 2.24) is 4.31 Å². The molecule has 1 aliphatic carbocycles. The second-order valence-corrected chi connectivity index (χ2v) is 10.2. The van der Waals surface area contributed by atoms with Crippen molar-refractivity contribution in [2.45, 2.75) is 49.4 Å². The summed E-state index contributed by atoms with van der Waals surface area (Å²) in [5, 5.41) is 0. The molecule has 0 bridgehead atoms. The van der Waals surface area contributed by atoms with Crippen LogP contribution in [0.4, 0.5) is 18.9 Å². The molecule has 178 valence electrons. The number of carbonyl (C=O) groups excluding carboxylic acids is 1. The van der Waals surface area contributed by atoms with Crippen LogP contribution in [-0.4, -0.2) is 51.0 Å². The standard InChI is InChI=1S/C23H25F3N2O4S/c1-2-18-14-27(19-6-8-20(9-7-19)32-23(24,25)26)11-12-28(18)33(30,31)21-10-5-16-3-4-17(15-29)22(16)13-21/h5-10,13,15,17-18H,2-4,11-12,14H2,1H3. The highest BCUT2D eigenvalue weighted by atomic mass is 32.2. The summed E-state index contributed by atoms with van der Waals surface area (Å²) in [6.07, 6.45) is -1.83. The highest BCUT2D eigenvalue weighted by Crippen LogP contribution is 2.35. The summed E-state index contributed by atoms with van der Waals surface area (Å²) < 4.78 is 69.5. The molecule has 0 amide bonds. The van der Waals surface area contributed by atoms with Gasteiger partial charge in [0.15, 0.2) is 0 Å². The second kappa shape index (κ2) is 8.98. The van der Waals surface area contributed by atoms with Crippen LogP contribution in [0.5, 0.6) is 5.75 Å². The van der Waals surface area contributed by atoms with E-state index in [0.717, 1.165) is 23.8 Å². The van der Waals surface area contributed by atoms with Gasteiger partial charge in [-0.15, -0.1) is 13.2 Å². The van der Waals surface area contributed by atoms with Gasteiger partial charge >= 0.3 is 6.36 Å². The van der Waals surface area contributed by atoms with Gasteiger partial charge in [-0.1, -0.05) is 13.0 Å². The maximum Gasteiger partial charge on any atom is 0.573 e. The zero-order valence-corrected chi connectivity index (χ0v) is 18.9. The maximum absolute atomic E-state index is 13.5. The predicted octanol–water partition coefficient (Wildman–Crippen LogP) is 4.10. The van der Waals surface area contributed by atoms with E-state index in [1.165, 1.54) is 28.6 Å². The van der Waals surface area contributed by atoms with Gasteiger partial charge in [0.25, 0.3) is 0 Å². The molecule has 10 heteroatoms. The molecular weight excluding hydrogens is 457 g/mol. The Kier molecular flexibility index (Phi) is 6.41. The van der Waals surface area contributed by atoms with Gasteiger partial charge in [0.1, 0.15) is 12.0 Å². The van der Waals surface area contributed by atoms with Gasteiger partial charge in [0, 0.05) is 37.3 Å². The fourth-order valence-electron chi connectivity index (χ4n) is 4.63. The van der Waals surface area contributed by atoms with Gasteiger partial charge in [0.05, 0.1) is 4.90 Å². The molecule has 1 saturated heterocycles. The zero-order valence-electron chi connectivity index (χ0n) is 18.1. The number of anilines is 1. The molecule has 0 saturated carbocycles. The van der Waals surface area contributed by atoms with E-state index < -0.39 is 16.4 Å². The summed E-state index contributed by atoms with van der Waals surface area (Å²) >= 11 is 0. The molecule has 0 spiro atoms. The highest BCUT2D eigenvalue weighted by Gasteiger charge is 2.36. The number of aryl methyl sites for hydroxylation is 1. The Morgan fingerprint density at radius 2 is 1.85 bits per heavy atom. The number of carbonyl (C=O) groups is 1. The lowest BCUT2D eigenvalue weighted by molar-refractivity contribution is -0.274. The van der Waals surface area contributed by atoms with Crippen LogP contribution in [0, 0.1) is 0 Å². The first kappa shape index (κ1) is 23.6. The number of sulfonamides is 1. The van der Waals surface area contributed by atoms with Crippen molar-refractivity contribution in [3.63, 3.8) is 0 Å². The third-order valence-electron chi connectivity index (χ3n) is 6.35. The normalized spacial score (nSPS) is 21.6. The topological polar surface area (TPSA) is 66.9 Å². The Bertz CT molecular complexity index is 1120. The minimum Gasteiger partial charge on any atom is -0.406 e. The summed E-state index contributed by atoms with van der Waals surface area (Å²) in [5.74, 6) is -0.567. The van der Waals surface area contributed by atoms with Crippen LogP contribution < -0.4 is 9.64 Å². The Hall–Kier alpha value is -2.59. The smallest absolute Gasteiger partial charge is 0.406 e. The van der Waals surface area contributed by atoms with Crippen LogP contribution in [0.2, 0.25) is 0 Å². The first-order chi connectivity index (χ1) is 15.6. The average Bonchev–Trinajstić information content (AvgIpc) is 3.20. The minimum atomic E-state index is -4.75. The molecule has 2 aliphatic rings. The van der Waals surface area contributed by atoms with E-state index >= 15 is 0 Å². The third-order valence-corrected chi connectivity index (χ3v) is 8.30. The Balaban J connectivity index is 1.52. The quantitative estimate of drug-likeness (QED) is 0.580. The van der Waals surface area contributed by atoms with Crippen molar-refractivity contribution in [3.8, 4) is 5.75 Å². The van der Waals surface area contributed by atoms with Gasteiger partial charge < -0.3 is 14.4 Å². The molecule has 6 nitrogen and oxygen atoms in total. The summed E-state index contributed by atoms with van der Waals surface area (Å²) in [4.78, 5) is 13.5.